The normalized spacial score (nSPS) is 26.7. The fourth-order valence-corrected chi connectivity index (χ4v) is 1.27. The topological polar surface area (TPSA) is 44.4 Å². The Morgan fingerprint density at radius 3 is 3.09 bits per heavy atom. The third kappa shape index (κ3) is 1.91. The molecule has 0 aliphatic carbocycles. The van der Waals surface area contributed by atoms with E-state index in [9.17, 15) is 4.79 Å². The molecule has 1 aliphatic heterocycles. The molecule has 1 unspecified atom stereocenters. The summed E-state index contributed by atoms with van der Waals surface area (Å²) in [6.07, 6.45) is 0. The number of hydrogen-bond acceptors (Lipinski definition) is 3. The van der Waals surface area contributed by atoms with Gasteiger partial charge in [-0.15, -0.1) is 0 Å². The van der Waals surface area contributed by atoms with Crippen LogP contribution in [-0.4, -0.2) is 50.6 Å². The minimum atomic E-state index is 0.00810. The van der Waals surface area contributed by atoms with Gasteiger partial charge in [0.25, 0.3) is 0 Å². The van der Waals surface area contributed by atoms with Gasteiger partial charge in [0.15, 0.2) is 0 Å². The lowest BCUT2D eigenvalue weighted by Gasteiger charge is -2.31. The van der Waals surface area contributed by atoms with Gasteiger partial charge in [-0.25, -0.2) is 0 Å². The second kappa shape index (κ2) is 3.69. The van der Waals surface area contributed by atoms with Gasteiger partial charge in [-0.2, -0.15) is 0 Å². The molecule has 4 nitrogen and oxygen atoms in total. The predicted octanol–water partition coefficient (Wildman–Crippen LogP) is -1.36. The highest BCUT2D eigenvalue weighted by Gasteiger charge is 2.25. The highest BCUT2D eigenvalue weighted by molar-refractivity contribution is 5.82. The van der Waals surface area contributed by atoms with Crippen molar-refractivity contribution in [3.8, 4) is 0 Å². The summed E-state index contributed by atoms with van der Waals surface area (Å²) in [5, 5.41) is 5.82. The van der Waals surface area contributed by atoms with Gasteiger partial charge in [-0.3, -0.25) is 9.69 Å². The first-order valence-electron chi connectivity index (χ1n) is 3.88. The van der Waals surface area contributed by atoms with Crippen molar-refractivity contribution in [1.29, 1.82) is 0 Å². The molecular formula is C7H15N3O. The number of amides is 1. The van der Waals surface area contributed by atoms with Gasteiger partial charge < -0.3 is 10.6 Å². The van der Waals surface area contributed by atoms with Crippen LogP contribution in [0.25, 0.3) is 0 Å². The quantitative estimate of drug-likeness (QED) is 0.520. The van der Waals surface area contributed by atoms with Crippen LogP contribution in [0.15, 0.2) is 0 Å². The molecule has 64 valence electrons. The standard InChI is InChI=1S/C7H15N3O/c1-8-5-6-7(11)9-3-4-10(6)2/h6,8H,3-5H2,1-2H3,(H,9,11). The van der Waals surface area contributed by atoms with E-state index < -0.39 is 0 Å². The Morgan fingerprint density at radius 2 is 2.55 bits per heavy atom. The third-order valence-electron chi connectivity index (χ3n) is 2.00. The molecule has 2 N–H and O–H groups in total. The predicted molar refractivity (Wildman–Crippen MR) is 43.4 cm³/mol. The zero-order chi connectivity index (χ0) is 8.27. The minimum Gasteiger partial charge on any atom is -0.353 e. The summed E-state index contributed by atoms with van der Waals surface area (Å²) >= 11 is 0. The molecule has 11 heavy (non-hydrogen) atoms. The lowest BCUT2D eigenvalue weighted by atomic mass is 10.2. The molecule has 0 saturated carbocycles. The summed E-state index contributed by atoms with van der Waals surface area (Å²) in [6.45, 7) is 2.44. The van der Waals surface area contributed by atoms with Crippen LogP contribution in [-0.2, 0) is 4.79 Å². The molecular weight excluding hydrogens is 142 g/mol. The van der Waals surface area contributed by atoms with Crippen LogP contribution in [0.2, 0.25) is 0 Å². The van der Waals surface area contributed by atoms with Gasteiger partial charge in [0.1, 0.15) is 6.04 Å². The Kier molecular flexibility index (Phi) is 2.84. The van der Waals surface area contributed by atoms with Gasteiger partial charge in [-0.1, -0.05) is 0 Å². The number of likely N-dealkylation sites (N-methyl/N-ethyl adjacent to an activating group) is 2. The van der Waals surface area contributed by atoms with Gasteiger partial charge in [0, 0.05) is 19.6 Å². The highest BCUT2D eigenvalue weighted by Crippen LogP contribution is 1.98. The monoisotopic (exact) mass is 157 g/mol. The first kappa shape index (κ1) is 8.49. The molecule has 1 amide bonds. The van der Waals surface area contributed by atoms with Crippen LogP contribution >= 0.6 is 0 Å². The van der Waals surface area contributed by atoms with Crippen LogP contribution in [0.1, 0.15) is 0 Å². The average Bonchev–Trinajstić information content (AvgIpc) is 1.97. The molecule has 0 spiro atoms. The largest absolute Gasteiger partial charge is 0.353 e. The van der Waals surface area contributed by atoms with Crippen LogP contribution in [0.3, 0.4) is 0 Å². The van der Waals surface area contributed by atoms with Crippen LogP contribution < -0.4 is 10.6 Å². The molecule has 0 bridgehead atoms. The Morgan fingerprint density at radius 1 is 1.82 bits per heavy atom. The zero-order valence-electron chi connectivity index (χ0n) is 7.05. The molecule has 1 rings (SSSR count). The summed E-state index contributed by atoms with van der Waals surface area (Å²) in [4.78, 5) is 13.3. The molecule has 1 saturated heterocycles. The smallest absolute Gasteiger partial charge is 0.238 e. The van der Waals surface area contributed by atoms with E-state index in [2.05, 4.69) is 15.5 Å². The summed E-state index contributed by atoms with van der Waals surface area (Å²) < 4.78 is 0. The zero-order valence-corrected chi connectivity index (χ0v) is 7.05. The molecule has 0 radical (unpaired) electrons. The molecule has 0 aromatic carbocycles. The van der Waals surface area contributed by atoms with Crippen molar-refractivity contribution in [2.75, 3.05) is 33.7 Å². The molecule has 1 heterocycles. The number of nitrogens with zero attached hydrogens (tertiary/aromatic N) is 1. The fourth-order valence-electron chi connectivity index (χ4n) is 1.27. The number of nitrogens with one attached hydrogen (secondary N) is 2. The van der Waals surface area contributed by atoms with Crippen LogP contribution in [0.4, 0.5) is 0 Å². The number of carbonyl (C=O) groups excluding carboxylic acids is 1. The van der Waals surface area contributed by atoms with E-state index in [1.165, 1.54) is 0 Å². The van der Waals surface area contributed by atoms with E-state index in [1.54, 1.807) is 0 Å². The van der Waals surface area contributed by atoms with Crippen LogP contribution in [0, 0.1) is 0 Å². The molecule has 1 fully saturated rings. The first-order chi connectivity index (χ1) is 5.25. The van der Waals surface area contributed by atoms with E-state index in [1.807, 2.05) is 14.1 Å². The van der Waals surface area contributed by atoms with E-state index in [-0.39, 0.29) is 11.9 Å². The van der Waals surface area contributed by atoms with Gasteiger partial charge in [0.05, 0.1) is 0 Å². The third-order valence-corrected chi connectivity index (χ3v) is 2.00. The number of rotatable bonds is 2. The SMILES string of the molecule is CNCC1C(=O)NCCN1C. The number of hydrogen-bond donors (Lipinski definition) is 2. The molecule has 0 aromatic heterocycles. The summed E-state index contributed by atoms with van der Waals surface area (Å²) in [7, 11) is 3.83. The van der Waals surface area contributed by atoms with Crippen molar-refractivity contribution in [1.82, 2.24) is 15.5 Å². The van der Waals surface area contributed by atoms with Crippen molar-refractivity contribution in [2.24, 2.45) is 0 Å². The van der Waals surface area contributed by atoms with Crippen molar-refractivity contribution in [3.05, 3.63) is 0 Å². The fraction of sp³-hybridized carbons (Fsp3) is 0.857. The summed E-state index contributed by atoms with van der Waals surface area (Å²) in [5.74, 6) is 0.133. The Hall–Kier alpha value is -0.610. The highest BCUT2D eigenvalue weighted by atomic mass is 16.2. The minimum absolute atomic E-state index is 0.00810. The van der Waals surface area contributed by atoms with Crippen LogP contribution in [0.5, 0.6) is 0 Å². The lowest BCUT2D eigenvalue weighted by molar-refractivity contribution is -0.128. The maximum atomic E-state index is 11.2. The molecule has 4 heteroatoms. The maximum absolute atomic E-state index is 11.2. The van der Waals surface area contributed by atoms with Crippen molar-refractivity contribution < 1.29 is 4.79 Å². The van der Waals surface area contributed by atoms with E-state index in [4.69, 9.17) is 0 Å². The number of carbonyl (C=O) groups is 1. The Balaban J connectivity index is 2.48. The number of piperazine rings is 1. The second-order valence-corrected chi connectivity index (χ2v) is 2.85. The lowest BCUT2D eigenvalue weighted by Crippen LogP contribution is -2.56. The Bertz CT molecular complexity index is 149. The summed E-state index contributed by atoms with van der Waals surface area (Å²) in [6, 6.07) is 0.00810. The van der Waals surface area contributed by atoms with Crippen molar-refractivity contribution >= 4 is 5.91 Å². The average molecular weight is 157 g/mol. The van der Waals surface area contributed by atoms with E-state index in [0.717, 1.165) is 19.6 Å². The van der Waals surface area contributed by atoms with E-state index >= 15 is 0 Å². The molecule has 1 atom stereocenters. The Labute approximate surface area is 66.9 Å². The van der Waals surface area contributed by atoms with Gasteiger partial charge in [-0.05, 0) is 14.1 Å². The molecule has 1 aliphatic rings. The van der Waals surface area contributed by atoms with Crippen molar-refractivity contribution in [3.63, 3.8) is 0 Å². The molecule has 0 aromatic rings. The van der Waals surface area contributed by atoms with Crippen molar-refractivity contribution in [2.45, 2.75) is 6.04 Å². The maximum Gasteiger partial charge on any atom is 0.238 e. The van der Waals surface area contributed by atoms with Gasteiger partial charge in [0.2, 0.25) is 5.91 Å². The van der Waals surface area contributed by atoms with E-state index in [0.29, 0.717) is 0 Å². The van der Waals surface area contributed by atoms with Gasteiger partial charge >= 0.3 is 0 Å². The second-order valence-electron chi connectivity index (χ2n) is 2.85. The first-order valence-corrected chi connectivity index (χ1v) is 3.88. The summed E-state index contributed by atoms with van der Waals surface area (Å²) in [5.41, 5.74) is 0.